The molecule has 2 aromatic rings. The SMILES string of the molecule is CC(C)C1=CC(Oc2c(Br)cc(CCC(=O)O)cc2Br)=CC(C)(c2ccccc2)C1O. The largest absolute Gasteiger partial charge is 0.481 e. The molecule has 6 heteroatoms. The number of halogens is 2. The number of aliphatic carboxylic acids is 1. The molecule has 0 saturated carbocycles. The van der Waals surface area contributed by atoms with E-state index in [1.807, 2.05) is 61.5 Å². The fraction of sp³-hybridized carbons (Fsp3) is 0.320. The molecule has 1 aliphatic rings. The van der Waals surface area contributed by atoms with Crippen molar-refractivity contribution in [3.63, 3.8) is 0 Å². The van der Waals surface area contributed by atoms with Gasteiger partial charge in [-0.05, 0) is 92.1 Å². The molecule has 3 rings (SSSR count). The molecular formula is C25H26Br2O4. The Bertz CT molecular complexity index is 1000. The van der Waals surface area contributed by atoms with Crippen LogP contribution in [0.2, 0.25) is 0 Å². The van der Waals surface area contributed by atoms with Crippen LogP contribution in [0.15, 0.2) is 74.9 Å². The average Bonchev–Trinajstić information content (AvgIpc) is 2.72. The lowest BCUT2D eigenvalue weighted by Crippen LogP contribution is -2.40. The van der Waals surface area contributed by atoms with Crippen LogP contribution in [0.1, 0.15) is 38.3 Å². The molecule has 0 saturated heterocycles. The molecule has 0 spiro atoms. The third-order valence-electron chi connectivity index (χ3n) is 5.60. The quantitative estimate of drug-likeness (QED) is 0.419. The lowest BCUT2D eigenvalue weighted by atomic mass is 9.70. The zero-order valence-electron chi connectivity index (χ0n) is 17.7. The molecule has 2 aromatic carbocycles. The van der Waals surface area contributed by atoms with E-state index < -0.39 is 17.5 Å². The first-order valence-corrected chi connectivity index (χ1v) is 11.8. The highest BCUT2D eigenvalue weighted by atomic mass is 79.9. The van der Waals surface area contributed by atoms with Gasteiger partial charge in [0.2, 0.25) is 0 Å². The Balaban J connectivity index is 1.99. The lowest BCUT2D eigenvalue weighted by molar-refractivity contribution is -0.136. The number of aliphatic hydroxyl groups excluding tert-OH is 1. The Kier molecular flexibility index (Phi) is 7.45. The number of ether oxygens (including phenoxy) is 1. The van der Waals surface area contributed by atoms with Crippen LogP contribution in [-0.2, 0) is 16.6 Å². The fourth-order valence-electron chi connectivity index (χ4n) is 3.81. The van der Waals surface area contributed by atoms with Crippen LogP contribution < -0.4 is 4.74 Å². The van der Waals surface area contributed by atoms with Crippen LogP contribution in [0.5, 0.6) is 5.75 Å². The minimum atomic E-state index is -0.829. The van der Waals surface area contributed by atoms with E-state index in [1.54, 1.807) is 0 Å². The predicted octanol–water partition coefficient (Wildman–Crippen LogP) is 6.41. The minimum Gasteiger partial charge on any atom is -0.481 e. The van der Waals surface area contributed by atoms with Crippen LogP contribution in [0.25, 0.3) is 0 Å². The van der Waals surface area contributed by atoms with Crippen molar-refractivity contribution in [1.82, 2.24) is 0 Å². The maximum absolute atomic E-state index is 11.2. The van der Waals surface area contributed by atoms with E-state index in [1.165, 1.54) is 0 Å². The lowest BCUT2D eigenvalue weighted by Gasteiger charge is -2.38. The number of carboxylic acid groups (broad SMARTS) is 1. The molecule has 1 aliphatic carbocycles. The molecule has 2 N–H and O–H groups in total. The number of aliphatic hydroxyl groups is 1. The third kappa shape index (κ3) is 5.30. The Hall–Kier alpha value is -1.89. The minimum absolute atomic E-state index is 0.0675. The van der Waals surface area contributed by atoms with Crippen LogP contribution in [0.4, 0.5) is 0 Å². The zero-order chi connectivity index (χ0) is 22.8. The van der Waals surface area contributed by atoms with Crippen molar-refractivity contribution in [2.45, 2.75) is 45.1 Å². The van der Waals surface area contributed by atoms with Crippen molar-refractivity contribution in [3.05, 3.63) is 86.0 Å². The summed E-state index contributed by atoms with van der Waals surface area (Å²) in [6.07, 6.45) is 3.73. The second-order valence-electron chi connectivity index (χ2n) is 8.28. The van der Waals surface area contributed by atoms with E-state index in [4.69, 9.17) is 9.84 Å². The van der Waals surface area contributed by atoms with Gasteiger partial charge in [-0.2, -0.15) is 0 Å². The smallest absolute Gasteiger partial charge is 0.303 e. The van der Waals surface area contributed by atoms with E-state index in [0.29, 0.717) is 17.9 Å². The summed E-state index contributed by atoms with van der Waals surface area (Å²) in [6.45, 7) is 6.14. The number of carbonyl (C=O) groups is 1. The number of aryl methyl sites for hydroxylation is 1. The summed E-state index contributed by atoms with van der Waals surface area (Å²) in [5.74, 6) is 0.581. The summed E-state index contributed by atoms with van der Waals surface area (Å²) in [5.41, 5.74) is 2.19. The number of rotatable bonds is 7. The molecule has 164 valence electrons. The number of carboxylic acids is 1. The number of benzene rings is 2. The molecule has 0 fully saturated rings. The molecule has 0 bridgehead atoms. The number of hydrogen-bond donors (Lipinski definition) is 2. The van der Waals surface area contributed by atoms with Crippen molar-refractivity contribution < 1.29 is 19.7 Å². The Morgan fingerprint density at radius 2 is 1.77 bits per heavy atom. The maximum atomic E-state index is 11.2. The molecule has 2 unspecified atom stereocenters. The van der Waals surface area contributed by atoms with E-state index in [2.05, 4.69) is 45.7 Å². The number of hydrogen-bond acceptors (Lipinski definition) is 3. The second-order valence-corrected chi connectivity index (χ2v) is 9.99. The van der Waals surface area contributed by atoms with Gasteiger partial charge in [-0.25, -0.2) is 0 Å². The molecule has 0 heterocycles. The summed E-state index contributed by atoms with van der Waals surface area (Å²) in [6, 6.07) is 13.7. The standard InChI is InChI=1S/C25H26Br2O4/c1-15(2)19-13-18(14-25(3,24(19)30)17-7-5-4-6-8-17)31-23-20(26)11-16(12-21(23)27)9-10-22(28)29/h4-8,11-15,24,30H,9-10H2,1-3H3,(H,28,29). The van der Waals surface area contributed by atoms with E-state index in [-0.39, 0.29) is 12.3 Å². The third-order valence-corrected chi connectivity index (χ3v) is 6.78. The molecule has 0 radical (unpaired) electrons. The zero-order valence-corrected chi connectivity index (χ0v) is 20.9. The van der Waals surface area contributed by atoms with Gasteiger partial charge in [0, 0.05) is 11.8 Å². The Morgan fingerprint density at radius 1 is 1.16 bits per heavy atom. The van der Waals surface area contributed by atoms with Gasteiger partial charge < -0.3 is 14.9 Å². The van der Waals surface area contributed by atoms with Crippen LogP contribution in [0.3, 0.4) is 0 Å². The summed E-state index contributed by atoms with van der Waals surface area (Å²) in [7, 11) is 0. The summed E-state index contributed by atoms with van der Waals surface area (Å²) in [5, 5.41) is 20.1. The van der Waals surface area contributed by atoms with Gasteiger partial charge in [0.25, 0.3) is 0 Å². The normalized spacial score (nSPS) is 20.9. The summed E-state index contributed by atoms with van der Waals surface area (Å²) in [4.78, 5) is 10.9. The van der Waals surface area contributed by atoms with E-state index in [0.717, 1.165) is 25.6 Å². The Labute approximate surface area is 199 Å². The van der Waals surface area contributed by atoms with Gasteiger partial charge in [-0.15, -0.1) is 0 Å². The van der Waals surface area contributed by atoms with Gasteiger partial charge in [-0.3, -0.25) is 4.79 Å². The first-order chi connectivity index (χ1) is 14.6. The summed E-state index contributed by atoms with van der Waals surface area (Å²) < 4.78 is 7.77. The van der Waals surface area contributed by atoms with E-state index in [9.17, 15) is 9.90 Å². The highest BCUT2D eigenvalue weighted by molar-refractivity contribution is 9.11. The maximum Gasteiger partial charge on any atom is 0.303 e. The van der Waals surface area contributed by atoms with Crippen LogP contribution in [0, 0.1) is 5.92 Å². The van der Waals surface area contributed by atoms with Gasteiger partial charge in [0.1, 0.15) is 5.76 Å². The van der Waals surface area contributed by atoms with Gasteiger partial charge in [0.15, 0.2) is 5.75 Å². The Morgan fingerprint density at radius 3 is 2.32 bits per heavy atom. The predicted molar refractivity (Wildman–Crippen MR) is 129 cm³/mol. The molecule has 31 heavy (non-hydrogen) atoms. The molecular weight excluding hydrogens is 524 g/mol. The summed E-state index contributed by atoms with van der Waals surface area (Å²) >= 11 is 7.12. The van der Waals surface area contributed by atoms with E-state index >= 15 is 0 Å². The van der Waals surface area contributed by atoms with Crippen molar-refractivity contribution in [2.24, 2.45) is 5.92 Å². The molecule has 0 amide bonds. The first kappa shape index (κ1) is 23.8. The fourth-order valence-corrected chi connectivity index (χ4v) is 5.25. The van der Waals surface area contributed by atoms with Gasteiger partial charge in [-0.1, -0.05) is 44.2 Å². The van der Waals surface area contributed by atoms with Gasteiger partial charge in [0.05, 0.1) is 15.0 Å². The van der Waals surface area contributed by atoms with Crippen LogP contribution in [-0.4, -0.2) is 22.3 Å². The van der Waals surface area contributed by atoms with Crippen molar-refractivity contribution in [2.75, 3.05) is 0 Å². The molecule has 0 aromatic heterocycles. The van der Waals surface area contributed by atoms with Crippen molar-refractivity contribution in [3.8, 4) is 5.75 Å². The average molecular weight is 550 g/mol. The van der Waals surface area contributed by atoms with Crippen LogP contribution >= 0.6 is 31.9 Å². The second kappa shape index (κ2) is 9.72. The van der Waals surface area contributed by atoms with Crippen molar-refractivity contribution >= 4 is 37.8 Å². The molecule has 0 aliphatic heterocycles. The highest BCUT2D eigenvalue weighted by Crippen LogP contribution is 2.42. The molecule has 4 nitrogen and oxygen atoms in total. The number of allylic oxidation sites excluding steroid dienone is 1. The topological polar surface area (TPSA) is 66.8 Å². The van der Waals surface area contributed by atoms with Gasteiger partial charge >= 0.3 is 5.97 Å². The van der Waals surface area contributed by atoms with Crippen molar-refractivity contribution in [1.29, 1.82) is 0 Å². The first-order valence-electron chi connectivity index (χ1n) is 10.2. The monoisotopic (exact) mass is 548 g/mol. The highest BCUT2D eigenvalue weighted by Gasteiger charge is 2.39. The molecule has 2 atom stereocenters.